The number of aliphatic imine (C=N–C) groups is 1. The fourth-order valence-electron chi connectivity index (χ4n) is 1.81. The van der Waals surface area contributed by atoms with Crippen LogP contribution in [0.25, 0.3) is 0 Å². The third kappa shape index (κ3) is 1.36. The average Bonchev–Trinajstić information content (AvgIpc) is 2.62. The molecule has 1 aromatic rings. The predicted octanol–water partition coefficient (Wildman–Crippen LogP) is 0.817. The van der Waals surface area contributed by atoms with Crippen LogP contribution in [-0.4, -0.2) is 27.2 Å². The van der Waals surface area contributed by atoms with Crippen LogP contribution in [0.15, 0.2) is 23.2 Å². The Hall–Kier alpha value is -1.59. The Morgan fingerprint density at radius 1 is 1.19 bits per heavy atom. The zero-order valence-corrected chi connectivity index (χ0v) is 9.48. The summed E-state index contributed by atoms with van der Waals surface area (Å²) in [6.45, 7) is 0. The van der Waals surface area contributed by atoms with Crippen molar-refractivity contribution < 1.29 is 14.2 Å². The van der Waals surface area contributed by atoms with E-state index >= 15 is 0 Å². The zero-order chi connectivity index (χ0) is 11.8. The van der Waals surface area contributed by atoms with E-state index < -0.39 is 5.91 Å². The number of ether oxygens (including phenoxy) is 3. The van der Waals surface area contributed by atoms with Crippen molar-refractivity contribution in [1.29, 1.82) is 0 Å². The quantitative estimate of drug-likeness (QED) is 0.769. The summed E-state index contributed by atoms with van der Waals surface area (Å²) in [4.78, 5) is 4.19. The van der Waals surface area contributed by atoms with Gasteiger partial charge < -0.3 is 19.9 Å². The van der Waals surface area contributed by atoms with Gasteiger partial charge in [0.15, 0.2) is 0 Å². The van der Waals surface area contributed by atoms with Gasteiger partial charge in [0.25, 0.3) is 5.91 Å². The van der Waals surface area contributed by atoms with E-state index in [0.29, 0.717) is 11.6 Å². The van der Waals surface area contributed by atoms with Gasteiger partial charge in [-0.1, -0.05) is 0 Å². The van der Waals surface area contributed by atoms with Crippen molar-refractivity contribution in [3.8, 4) is 5.75 Å². The van der Waals surface area contributed by atoms with Crippen LogP contribution in [0, 0.1) is 0 Å². The first-order valence-corrected chi connectivity index (χ1v) is 4.81. The van der Waals surface area contributed by atoms with Gasteiger partial charge in [-0.05, 0) is 18.2 Å². The van der Waals surface area contributed by atoms with E-state index in [4.69, 9.17) is 19.9 Å². The molecule has 1 aliphatic rings. The SMILES string of the molecule is COc1ccc2c(c1)C(OC)(OC)N=C2N. The van der Waals surface area contributed by atoms with Gasteiger partial charge in [-0.2, -0.15) is 0 Å². The predicted molar refractivity (Wildman–Crippen MR) is 59.4 cm³/mol. The van der Waals surface area contributed by atoms with Crippen LogP contribution in [0.5, 0.6) is 5.75 Å². The monoisotopic (exact) mass is 222 g/mol. The summed E-state index contributed by atoms with van der Waals surface area (Å²) in [5.74, 6) is -0.0306. The third-order valence-corrected chi connectivity index (χ3v) is 2.66. The van der Waals surface area contributed by atoms with Crippen LogP contribution in [0.2, 0.25) is 0 Å². The lowest BCUT2D eigenvalue weighted by atomic mass is 10.1. The summed E-state index contributed by atoms with van der Waals surface area (Å²) in [5, 5.41) is 0. The number of benzene rings is 1. The number of methoxy groups -OCH3 is 3. The van der Waals surface area contributed by atoms with Crippen molar-refractivity contribution in [3.05, 3.63) is 29.3 Å². The number of hydrogen-bond acceptors (Lipinski definition) is 5. The fourth-order valence-corrected chi connectivity index (χ4v) is 1.81. The molecule has 0 radical (unpaired) electrons. The molecule has 0 atom stereocenters. The molecule has 16 heavy (non-hydrogen) atoms. The molecule has 0 spiro atoms. The molecule has 0 saturated carbocycles. The lowest BCUT2D eigenvalue weighted by Gasteiger charge is -2.23. The minimum atomic E-state index is -1.14. The molecule has 86 valence electrons. The van der Waals surface area contributed by atoms with Crippen LogP contribution in [0.3, 0.4) is 0 Å². The first kappa shape index (κ1) is 10.9. The number of nitrogens with zero attached hydrogens (tertiary/aromatic N) is 1. The zero-order valence-electron chi connectivity index (χ0n) is 9.48. The summed E-state index contributed by atoms with van der Waals surface area (Å²) < 4.78 is 15.8. The molecule has 5 nitrogen and oxygen atoms in total. The van der Waals surface area contributed by atoms with E-state index in [0.717, 1.165) is 11.1 Å². The van der Waals surface area contributed by atoms with Crippen LogP contribution in [-0.2, 0) is 15.4 Å². The fraction of sp³-hybridized carbons (Fsp3) is 0.364. The molecular weight excluding hydrogens is 208 g/mol. The summed E-state index contributed by atoms with van der Waals surface area (Å²) in [5.41, 5.74) is 7.38. The maximum atomic E-state index is 5.81. The highest BCUT2D eigenvalue weighted by atomic mass is 16.7. The molecule has 1 aliphatic heterocycles. The van der Waals surface area contributed by atoms with E-state index in [1.165, 1.54) is 14.2 Å². The summed E-state index contributed by atoms with van der Waals surface area (Å²) in [6, 6.07) is 5.47. The molecule has 1 aromatic carbocycles. The number of fused-ring (bicyclic) bond motifs is 1. The van der Waals surface area contributed by atoms with E-state index in [9.17, 15) is 0 Å². The molecule has 5 heteroatoms. The van der Waals surface area contributed by atoms with Crippen molar-refractivity contribution >= 4 is 5.84 Å². The maximum Gasteiger partial charge on any atom is 0.300 e. The number of amidine groups is 1. The smallest absolute Gasteiger partial charge is 0.300 e. The van der Waals surface area contributed by atoms with E-state index in [1.807, 2.05) is 18.2 Å². The Morgan fingerprint density at radius 2 is 1.88 bits per heavy atom. The Morgan fingerprint density at radius 3 is 2.44 bits per heavy atom. The van der Waals surface area contributed by atoms with E-state index in [2.05, 4.69) is 4.99 Å². The van der Waals surface area contributed by atoms with Gasteiger partial charge in [0.1, 0.15) is 11.6 Å². The van der Waals surface area contributed by atoms with Crippen molar-refractivity contribution in [2.24, 2.45) is 10.7 Å². The van der Waals surface area contributed by atoms with Crippen LogP contribution < -0.4 is 10.5 Å². The molecule has 0 unspecified atom stereocenters. The molecule has 0 aliphatic carbocycles. The highest BCUT2D eigenvalue weighted by Crippen LogP contribution is 2.37. The molecule has 0 fully saturated rings. The lowest BCUT2D eigenvalue weighted by Crippen LogP contribution is -2.26. The van der Waals surface area contributed by atoms with Crippen LogP contribution in [0.1, 0.15) is 11.1 Å². The average molecular weight is 222 g/mol. The molecule has 0 saturated heterocycles. The van der Waals surface area contributed by atoms with Crippen LogP contribution >= 0.6 is 0 Å². The normalized spacial score (nSPS) is 16.8. The molecule has 1 heterocycles. The van der Waals surface area contributed by atoms with Crippen molar-refractivity contribution in [1.82, 2.24) is 0 Å². The highest BCUT2D eigenvalue weighted by Gasteiger charge is 2.40. The van der Waals surface area contributed by atoms with Gasteiger partial charge in [-0.3, -0.25) is 0 Å². The molecular formula is C11H14N2O3. The largest absolute Gasteiger partial charge is 0.497 e. The van der Waals surface area contributed by atoms with Gasteiger partial charge in [0.2, 0.25) is 0 Å². The summed E-state index contributed by atoms with van der Waals surface area (Å²) in [7, 11) is 4.64. The van der Waals surface area contributed by atoms with E-state index in [-0.39, 0.29) is 0 Å². The standard InChI is InChI=1S/C11H14N2O3/c1-14-7-4-5-8-9(6-7)11(15-2,16-3)13-10(8)12/h4-6H,1-3H3,(H2,12,13). The topological polar surface area (TPSA) is 66.1 Å². The van der Waals surface area contributed by atoms with Crippen molar-refractivity contribution in [2.45, 2.75) is 5.91 Å². The van der Waals surface area contributed by atoms with Gasteiger partial charge >= 0.3 is 0 Å². The van der Waals surface area contributed by atoms with E-state index in [1.54, 1.807) is 7.11 Å². The minimum absolute atomic E-state index is 0.404. The maximum absolute atomic E-state index is 5.81. The van der Waals surface area contributed by atoms with Crippen LogP contribution in [0.4, 0.5) is 0 Å². The Balaban J connectivity index is 2.59. The number of hydrogen-bond donors (Lipinski definition) is 1. The second-order valence-corrected chi connectivity index (χ2v) is 3.40. The first-order chi connectivity index (χ1) is 7.66. The van der Waals surface area contributed by atoms with Gasteiger partial charge in [0, 0.05) is 19.8 Å². The first-order valence-electron chi connectivity index (χ1n) is 4.81. The molecule has 0 aromatic heterocycles. The second-order valence-electron chi connectivity index (χ2n) is 3.40. The number of nitrogens with two attached hydrogens (primary N) is 1. The molecule has 2 N–H and O–H groups in total. The molecule has 2 rings (SSSR count). The third-order valence-electron chi connectivity index (χ3n) is 2.66. The Labute approximate surface area is 93.8 Å². The Kier molecular flexibility index (Phi) is 2.57. The van der Waals surface area contributed by atoms with Crippen molar-refractivity contribution in [2.75, 3.05) is 21.3 Å². The minimum Gasteiger partial charge on any atom is -0.497 e. The van der Waals surface area contributed by atoms with Gasteiger partial charge in [0.05, 0.1) is 12.7 Å². The molecule has 0 bridgehead atoms. The van der Waals surface area contributed by atoms with Gasteiger partial charge in [-0.25, -0.2) is 4.99 Å². The van der Waals surface area contributed by atoms with Crippen molar-refractivity contribution in [3.63, 3.8) is 0 Å². The second kappa shape index (κ2) is 3.77. The summed E-state index contributed by atoms with van der Waals surface area (Å²) >= 11 is 0. The number of rotatable bonds is 3. The summed E-state index contributed by atoms with van der Waals surface area (Å²) in [6.07, 6.45) is 0. The lowest BCUT2D eigenvalue weighted by molar-refractivity contribution is -0.206. The highest BCUT2D eigenvalue weighted by molar-refractivity contribution is 6.01. The Bertz CT molecular complexity index is 439. The molecule has 0 amide bonds. The van der Waals surface area contributed by atoms with Gasteiger partial charge in [-0.15, -0.1) is 0 Å².